The van der Waals surface area contributed by atoms with Crippen molar-refractivity contribution in [3.63, 3.8) is 0 Å². The van der Waals surface area contributed by atoms with Gasteiger partial charge in [-0.3, -0.25) is 14.9 Å². The zero-order valence-electron chi connectivity index (χ0n) is 11.8. The molecule has 2 rings (SSSR count). The normalized spacial score (nSPS) is 22.1. The van der Waals surface area contributed by atoms with E-state index in [1.165, 1.54) is 18.2 Å². The fraction of sp³-hybridized carbons (Fsp3) is 0.500. The SMILES string of the molecule is CC1CCN(C(=O)c2cc(Cl)cc([N+](=O)[O-])c2)C(CN)C1. The van der Waals surface area contributed by atoms with Crippen LogP contribution < -0.4 is 5.73 Å². The van der Waals surface area contributed by atoms with Gasteiger partial charge in [-0.05, 0) is 24.8 Å². The molecule has 1 fully saturated rings. The molecule has 1 aliphatic heterocycles. The first-order valence-electron chi connectivity index (χ1n) is 6.88. The van der Waals surface area contributed by atoms with Gasteiger partial charge in [0.25, 0.3) is 11.6 Å². The highest BCUT2D eigenvalue weighted by Gasteiger charge is 2.30. The van der Waals surface area contributed by atoms with Gasteiger partial charge in [-0.25, -0.2) is 0 Å². The first kappa shape index (κ1) is 15.7. The van der Waals surface area contributed by atoms with Crippen LogP contribution in [0.15, 0.2) is 18.2 Å². The Kier molecular flexibility index (Phi) is 4.80. The number of carbonyl (C=O) groups is 1. The van der Waals surface area contributed by atoms with Crippen LogP contribution in [0.2, 0.25) is 5.02 Å². The predicted octanol–water partition coefficient (Wildman–Crippen LogP) is 2.45. The van der Waals surface area contributed by atoms with Gasteiger partial charge < -0.3 is 10.6 Å². The maximum Gasteiger partial charge on any atom is 0.271 e. The fourth-order valence-electron chi connectivity index (χ4n) is 2.71. The number of nitrogens with two attached hydrogens (primary N) is 1. The maximum atomic E-state index is 12.6. The number of non-ortho nitro benzene ring substituents is 1. The van der Waals surface area contributed by atoms with Crippen molar-refractivity contribution >= 4 is 23.2 Å². The molecule has 1 aromatic rings. The van der Waals surface area contributed by atoms with Crippen molar-refractivity contribution < 1.29 is 9.72 Å². The van der Waals surface area contributed by atoms with E-state index < -0.39 is 4.92 Å². The monoisotopic (exact) mass is 311 g/mol. The van der Waals surface area contributed by atoms with E-state index in [-0.39, 0.29) is 28.2 Å². The number of rotatable bonds is 3. The van der Waals surface area contributed by atoms with Crippen molar-refractivity contribution in [2.45, 2.75) is 25.8 Å². The summed E-state index contributed by atoms with van der Waals surface area (Å²) >= 11 is 5.87. The van der Waals surface area contributed by atoms with Crippen molar-refractivity contribution in [3.05, 3.63) is 38.9 Å². The topological polar surface area (TPSA) is 89.5 Å². The molecular formula is C14H18ClN3O3. The number of nitro benzene ring substituents is 1. The van der Waals surface area contributed by atoms with Crippen molar-refractivity contribution in [1.82, 2.24) is 4.90 Å². The summed E-state index contributed by atoms with van der Waals surface area (Å²) in [5.41, 5.74) is 5.81. The summed E-state index contributed by atoms with van der Waals surface area (Å²) in [7, 11) is 0. The molecule has 1 aromatic carbocycles. The van der Waals surface area contributed by atoms with Gasteiger partial charge in [0.05, 0.1) is 4.92 Å². The van der Waals surface area contributed by atoms with E-state index in [1.54, 1.807) is 4.90 Å². The number of nitro groups is 1. The van der Waals surface area contributed by atoms with Gasteiger partial charge in [-0.2, -0.15) is 0 Å². The first-order valence-corrected chi connectivity index (χ1v) is 7.26. The molecule has 21 heavy (non-hydrogen) atoms. The number of likely N-dealkylation sites (tertiary alicyclic amines) is 1. The Morgan fingerprint density at radius 2 is 2.24 bits per heavy atom. The highest BCUT2D eigenvalue weighted by molar-refractivity contribution is 6.31. The number of benzene rings is 1. The van der Waals surface area contributed by atoms with Crippen LogP contribution in [-0.4, -0.2) is 34.9 Å². The molecule has 2 unspecified atom stereocenters. The summed E-state index contributed by atoms with van der Waals surface area (Å²) in [6.45, 7) is 3.13. The molecular weight excluding hydrogens is 294 g/mol. The minimum Gasteiger partial charge on any atom is -0.334 e. The molecule has 0 spiro atoms. The molecule has 7 heteroatoms. The number of halogens is 1. The van der Waals surface area contributed by atoms with Gasteiger partial charge in [-0.15, -0.1) is 0 Å². The molecule has 1 saturated heterocycles. The number of hydrogen-bond donors (Lipinski definition) is 1. The molecule has 6 nitrogen and oxygen atoms in total. The number of piperidine rings is 1. The third-order valence-corrected chi connectivity index (χ3v) is 4.07. The number of carbonyl (C=O) groups excluding carboxylic acids is 1. The Labute approximate surface area is 128 Å². The molecule has 0 bridgehead atoms. The second kappa shape index (κ2) is 6.41. The van der Waals surface area contributed by atoms with Crippen LogP contribution in [0, 0.1) is 16.0 Å². The third-order valence-electron chi connectivity index (χ3n) is 3.85. The Balaban J connectivity index is 2.28. The van der Waals surface area contributed by atoms with E-state index in [4.69, 9.17) is 17.3 Å². The van der Waals surface area contributed by atoms with Gasteiger partial charge >= 0.3 is 0 Å². The van der Waals surface area contributed by atoms with Gasteiger partial charge in [0.15, 0.2) is 0 Å². The second-order valence-corrected chi connectivity index (χ2v) is 5.91. The van der Waals surface area contributed by atoms with Crippen LogP contribution in [0.25, 0.3) is 0 Å². The third kappa shape index (κ3) is 3.51. The van der Waals surface area contributed by atoms with Crippen LogP contribution in [-0.2, 0) is 0 Å². The Hall–Kier alpha value is -1.66. The Morgan fingerprint density at radius 1 is 1.52 bits per heavy atom. The number of nitrogens with zero attached hydrogens (tertiary/aromatic N) is 2. The standard InChI is InChI=1S/C14H18ClN3O3/c1-9-2-3-17(13(4-9)8-16)14(19)10-5-11(15)7-12(6-10)18(20)21/h5-7,9,13H,2-4,8,16H2,1H3. The van der Waals surface area contributed by atoms with E-state index in [9.17, 15) is 14.9 Å². The molecule has 1 aliphatic rings. The van der Waals surface area contributed by atoms with Gasteiger partial charge in [0.2, 0.25) is 0 Å². The summed E-state index contributed by atoms with van der Waals surface area (Å²) in [4.78, 5) is 24.6. The minimum atomic E-state index is -0.554. The highest BCUT2D eigenvalue weighted by atomic mass is 35.5. The number of hydrogen-bond acceptors (Lipinski definition) is 4. The van der Waals surface area contributed by atoms with E-state index in [2.05, 4.69) is 6.92 Å². The van der Waals surface area contributed by atoms with Crippen LogP contribution >= 0.6 is 11.6 Å². The average Bonchev–Trinajstić information content (AvgIpc) is 2.45. The lowest BCUT2D eigenvalue weighted by Gasteiger charge is -2.38. The lowest BCUT2D eigenvalue weighted by molar-refractivity contribution is -0.384. The van der Waals surface area contributed by atoms with Crippen LogP contribution in [0.4, 0.5) is 5.69 Å². The van der Waals surface area contributed by atoms with Gasteiger partial charge in [-0.1, -0.05) is 18.5 Å². The highest BCUT2D eigenvalue weighted by Crippen LogP contribution is 2.26. The average molecular weight is 312 g/mol. The first-order chi connectivity index (χ1) is 9.92. The molecule has 114 valence electrons. The van der Waals surface area contributed by atoms with Crippen molar-refractivity contribution in [3.8, 4) is 0 Å². The largest absolute Gasteiger partial charge is 0.334 e. The summed E-state index contributed by atoms with van der Waals surface area (Å²) in [6, 6.07) is 3.93. The molecule has 1 heterocycles. The van der Waals surface area contributed by atoms with E-state index in [1.807, 2.05) is 0 Å². The summed E-state index contributed by atoms with van der Waals surface area (Å²) < 4.78 is 0. The molecule has 1 amide bonds. The molecule has 0 radical (unpaired) electrons. The summed E-state index contributed by atoms with van der Waals surface area (Å²) in [5.74, 6) is 0.277. The van der Waals surface area contributed by atoms with E-state index in [0.29, 0.717) is 19.0 Å². The lowest BCUT2D eigenvalue weighted by Crippen LogP contribution is -2.49. The molecule has 0 saturated carbocycles. The molecule has 0 aliphatic carbocycles. The van der Waals surface area contributed by atoms with Crippen LogP contribution in [0.3, 0.4) is 0 Å². The zero-order valence-corrected chi connectivity index (χ0v) is 12.5. The quantitative estimate of drug-likeness (QED) is 0.686. The smallest absolute Gasteiger partial charge is 0.271 e. The van der Waals surface area contributed by atoms with Crippen molar-refractivity contribution in [1.29, 1.82) is 0 Å². The maximum absolute atomic E-state index is 12.6. The van der Waals surface area contributed by atoms with Gasteiger partial charge in [0.1, 0.15) is 0 Å². The van der Waals surface area contributed by atoms with E-state index in [0.717, 1.165) is 12.8 Å². The summed E-state index contributed by atoms with van der Waals surface area (Å²) in [6.07, 6.45) is 1.76. The lowest BCUT2D eigenvalue weighted by atomic mass is 9.92. The Morgan fingerprint density at radius 3 is 2.86 bits per heavy atom. The fourth-order valence-corrected chi connectivity index (χ4v) is 2.94. The van der Waals surface area contributed by atoms with E-state index >= 15 is 0 Å². The zero-order chi connectivity index (χ0) is 15.6. The Bertz CT molecular complexity index is 564. The van der Waals surface area contributed by atoms with Crippen LogP contribution in [0.5, 0.6) is 0 Å². The van der Waals surface area contributed by atoms with Crippen molar-refractivity contribution in [2.24, 2.45) is 11.7 Å². The minimum absolute atomic E-state index is 0.0284. The number of amides is 1. The van der Waals surface area contributed by atoms with Gasteiger partial charge in [0, 0.05) is 41.9 Å². The molecule has 0 aromatic heterocycles. The second-order valence-electron chi connectivity index (χ2n) is 5.47. The van der Waals surface area contributed by atoms with Crippen LogP contribution in [0.1, 0.15) is 30.1 Å². The summed E-state index contributed by atoms with van der Waals surface area (Å²) in [5, 5.41) is 11.1. The predicted molar refractivity (Wildman–Crippen MR) is 80.4 cm³/mol. The molecule has 2 N–H and O–H groups in total. The van der Waals surface area contributed by atoms with Crippen molar-refractivity contribution in [2.75, 3.05) is 13.1 Å². The molecule has 2 atom stereocenters.